The number of benzene rings is 1. The Hall–Kier alpha value is -2.41. The number of nitrogens with zero attached hydrogens (tertiary/aromatic N) is 4. The number of rotatable bonds is 5. The van der Waals surface area contributed by atoms with E-state index in [0.717, 1.165) is 54.4 Å². The van der Waals surface area contributed by atoms with Gasteiger partial charge >= 0.3 is 0 Å². The quantitative estimate of drug-likeness (QED) is 0.709. The second kappa shape index (κ2) is 8.08. The second-order valence-corrected chi connectivity index (χ2v) is 6.91. The van der Waals surface area contributed by atoms with E-state index < -0.39 is 0 Å². The van der Waals surface area contributed by atoms with E-state index in [1.807, 2.05) is 41.1 Å². The zero-order chi connectivity index (χ0) is 18.6. The van der Waals surface area contributed by atoms with Crippen molar-refractivity contribution < 1.29 is 5.11 Å². The molecule has 6 nitrogen and oxygen atoms in total. The molecule has 0 bridgehead atoms. The van der Waals surface area contributed by atoms with E-state index in [1.54, 1.807) is 12.4 Å². The van der Waals surface area contributed by atoms with Crippen molar-refractivity contribution in [1.29, 1.82) is 0 Å². The average Bonchev–Trinajstić information content (AvgIpc) is 3.09. The van der Waals surface area contributed by atoms with Crippen LogP contribution in [0.5, 0.6) is 0 Å². The van der Waals surface area contributed by atoms with Crippen LogP contribution in [0.2, 0.25) is 5.02 Å². The van der Waals surface area contributed by atoms with Crippen molar-refractivity contribution in [2.24, 2.45) is 0 Å². The Bertz CT molecular complexity index is 889. The fourth-order valence-electron chi connectivity index (χ4n) is 3.50. The van der Waals surface area contributed by atoms with Gasteiger partial charge in [-0.15, -0.1) is 0 Å². The molecule has 1 aliphatic heterocycles. The van der Waals surface area contributed by atoms with Crippen LogP contribution in [0, 0.1) is 0 Å². The summed E-state index contributed by atoms with van der Waals surface area (Å²) in [7, 11) is 0. The third-order valence-corrected chi connectivity index (χ3v) is 4.99. The van der Waals surface area contributed by atoms with Gasteiger partial charge in [-0.1, -0.05) is 23.7 Å². The Balaban J connectivity index is 1.93. The van der Waals surface area contributed by atoms with E-state index in [-0.39, 0.29) is 6.61 Å². The number of anilines is 1. The lowest BCUT2D eigenvalue weighted by Crippen LogP contribution is -2.44. The van der Waals surface area contributed by atoms with E-state index in [0.29, 0.717) is 11.6 Å². The average molecular weight is 384 g/mol. The zero-order valence-corrected chi connectivity index (χ0v) is 15.7. The van der Waals surface area contributed by atoms with Crippen LogP contribution in [-0.2, 0) is 6.54 Å². The zero-order valence-electron chi connectivity index (χ0n) is 15.0. The lowest BCUT2D eigenvalue weighted by Gasteiger charge is -2.30. The summed E-state index contributed by atoms with van der Waals surface area (Å²) in [5.74, 6) is 1.04. The third-order valence-electron chi connectivity index (χ3n) is 4.74. The number of hydrogen-bond acceptors (Lipinski definition) is 5. The first-order valence-electron chi connectivity index (χ1n) is 9.11. The highest BCUT2D eigenvalue weighted by Crippen LogP contribution is 2.39. The summed E-state index contributed by atoms with van der Waals surface area (Å²) >= 11 is 6.08. The van der Waals surface area contributed by atoms with Gasteiger partial charge in [0.15, 0.2) is 0 Å². The molecule has 2 aromatic heterocycles. The molecule has 0 saturated carbocycles. The molecule has 0 atom stereocenters. The molecule has 140 valence electrons. The van der Waals surface area contributed by atoms with Gasteiger partial charge in [-0.25, -0.2) is 4.68 Å². The maximum atomic E-state index is 9.60. The van der Waals surface area contributed by atoms with Gasteiger partial charge in [-0.05, 0) is 29.8 Å². The maximum absolute atomic E-state index is 9.60. The number of aliphatic hydroxyl groups is 1. The predicted octanol–water partition coefficient (Wildman–Crippen LogP) is 2.67. The van der Waals surface area contributed by atoms with Crippen LogP contribution < -0.4 is 10.2 Å². The summed E-state index contributed by atoms with van der Waals surface area (Å²) in [5, 5.41) is 18.6. The molecule has 1 saturated heterocycles. The van der Waals surface area contributed by atoms with Gasteiger partial charge in [0.05, 0.1) is 18.7 Å². The van der Waals surface area contributed by atoms with Crippen LogP contribution in [0.3, 0.4) is 0 Å². The van der Waals surface area contributed by atoms with Crippen molar-refractivity contribution in [2.75, 3.05) is 37.7 Å². The smallest absolute Gasteiger partial charge is 0.135 e. The highest BCUT2D eigenvalue weighted by Gasteiger charge is 2.25. The normalized spacial score (nSPS) is 14.5. The Kier molecular flexibility index (Phi) is 5.38. The molecule has 3 aromatic rings. The van der Waals surface area contributed by atoms with E-state index in [2.05, 4.69) is 15.2 Å². The van der Waals surface area contributed by atoms with Gasteiger partial charge in [0.1, 0.15) is 11.5 Å². The summed E-state index contributed by atoms with van der Waals surface area (Å²) in [5.41, 5.74) is 4.02. The standard InChI is InChI=1S/C20H22ClN5O/c21-17-3-1-16(2-4-17)19-18(15-5-7-22-8-6-15)20(26(24-19)13-14-27)25-11-9-23-10-12-25/h1-8,23,27H,9-14H2. The summed E-state index contributed by atoms with van der Waals surface area (Å²) in [6.45, 7) is 4.14. The summed E-state index contributed by atoms with van der Waals surface area (Å²) < 4.78 is 1.92. The van der Waals surface area contributed by atoms with Crippen molar-refractivity contribution in [1.82, 2.24) is 20.1 Å². The lowest BCUT2D eigenvalue weighted by atomic mass is 10.0. The first-order valence-corrected chi connectivity index (χ1v) is 9.49. The van der Waals surface area contributed by atoms with Gasteiger partial charge in [0.2, 0.25) is 0 Å². The van der Waals surface area contributed by atoms with Gasteiger partial charge in [0.25, 0.3) is 0 Å². The van der Waals surface area contributed by atoms with E-state index >= 15 is 0 Å². The molecule has 2 N–H and O–H groups in total. The number of nitrogens with one attached hydrogen (secondary N) is 1. The highest BCUT2D eigenvalue weighted by atomic mass is 35.5. The van der Waals surface area contributed by atoms with Crippen molar-refractivity contribution in [3.8, 4) is 22.4 Å². The Morgan fingerprint density at radius 1 is 1.00 bits per heavy atom. The Labute approximate surface area is 163 Å². The van der Waals surface area contributed by atoms with Crippen LogP contribution in [0.1, 0.15) is 0 Å². The molecule has 1 fully saturated rings. The van der Waals surface area contributed by atoms with Crippen molar-refractivity contribution in [2.45, 2.75) is 6.54 Å². The summed E-state index contributed by atoms with van der Waals surface area (Å²) in [6, 6.07) is 11.7. The summed E-state index contributed by atoms with van der Waals surface area (Å²) in [6.07, 6.45) is 3.60. The minimum Gasteiger partial charge on any atom is -0.394 e. The first-order chi connectivity index (χ1) is 13.3. The molecule has 0 spiro atoms. The molecule has 7 heteroatoms. The number of aromatic nitrogens is 3. The molecule has 4 rings (SSSR count). The molecule has 0 aliphatic carbocycles. The molecular formula is C20H22ClN5O. The van der Waals surface area contributed by atoms with Crippen molar-refractivity contribution >= 4 is 17.4 Å². The topological polar surface area (TPSA) is 66.2 Å². The molecule has 0 radical (unpaired) electrons. The maximum Gasteiger partial charge on any atom is 0.135 e. The molecular weight excluding hydrogens is 362 g/mol. The highest BCUT2D eigenvalue weighted by molar-refractivity contribution is 6.30. The van der Waals surface area contributed by atoms with Crippen LogP contribution in [0.25, 0.3) is 22.4 Å². The van der Waals surface area contributed by atoms with Crippen molar-refractivity contribution in [3.05, 3.63) is 53.8 Å². The van der Waals surface area contributed by atoms with Crippen LogP contribution in [-0.4, -0.2) is 52.7 Å². The molecule has 0 unspecified atom stereocenters. The molecule has 1 aromatic carbocycles. The fraction of sp³-hybridized carbons (Fsp3) is 0.300. The second-order valence-electron chi connectivity index (χ2n) is 6.47. The molecule has 0 amide bonds. The van der Waals surface area contributed by atoms with Gasteiger partial charge < -0.3 is 15.3 Å². The van der Waals surface area contributed by atoms with Crippen LogP contribution in [0.4, 0.5) is 5.82 Å². The van der Waals surface area contributed by atoms with E-state index in [4.69, 9.17) is 16.7 Å². The fourth-order valence-corrected chi connectivity index (χ4v) is 3.62. The van der Waals surface area contributed by atoms with E-state index in [9.17, 15) is 5.11 Å². The Morgan fingerprint density at radius 2 is 1.70 bits per heavy atom. The first kappa shape index (κ1) is 18.0. The van der Waals surface area contributed by atoms with Gasteiger partial charge in [-0.3, -0.25) is 4.98 Å². The molecule has 27 heavy (non-hydrogen) atoms. The SMILES string of the molecule is OCCn1nc(-c2ccc(Cl)cc2)c(-c2ccncc2)c1N1CCNCC1. The summed E-state index contributed by atoms with van der Waals surface area (Å²) in [4.78, 5) is 6.50. The van der Waals surface area contributed by atoms with Gasteiger partial charge in [-0.2, -0.15) is 5.10 Å². The number of aliphatic hydroxyl groups excluding tert-OH is 1. The predicted molar refractivity (Wildman–Crippen MR) is 108 cm³/mol. The monoisotopic (exact) mass is 383 g/mol. The Morgan fingerprint density at radius 3 is 2.37 bits per heavy atom. The number of hydrogen-bond donors (Lipinski definition) is 2. The van der Waals surface area contributed by atoms with Crippen LogP contribution in [0.15, 0.2) is 48.8 Å². The lowest BCUT2D eigenvalue weighted by molar-refractivity contribution is 0.269. The van der Waals surface area contributed by atoms with Crippen LogP contribution >= 0.6 is 11.6 Å². The minimum absolute atomic E-state index is 0.0383. The molecule has 3 heterocycles. The van der Waals surface area contributed by atoms with Gasteiger partial charge in [0, 0.05) is 49.2 Å². The van der Waals surface area contributed by atoms with Crippen molar-refractivity contribution in [3.63, 3.8) is 0 Å². The minimum atomic E-state index is 0.0383. The van der Waals surface area contributed by atoms with E-state index in [1.165, 1.54) is 0 Å². The molecule has 1 aliphatic rings. The number of pyridine rings is 1. The number of halogens is 1. The third kappa shape index (κ3) is 3.69. The number of piperazine rings is 1. The largest absolute Gasteiger partial charge is 0.394 e.